The number of anilines is 3. The summed E-state index contributed by atoms with van der Waals surface area (Å²) >= 11 is 1.48. The number of hydrogen-bond donors (Lipinski definition) is 5. The van der Waals surface area contributed by atoms with Crippen LogP contribution in [0.3, 0.4) is 0 Å². The molecule has 15 heteroatoms. The zero-order valence-electron chi connectivity index (χ0n) is 34.9. The number of terminal acetylenes is 1. The Morgan fingerprint density at radius 2 is 1.70 bits per heavy atom. The van der Waals surface area contributed by atoms with Crippen LogP contribution in [0.2, 0.25) is 0 Å². The van der Waals surface area contributed by atoms with Gasteiger partial charge < -0.3 is 49.7 Å². The summed E-state index contributed by atoms with van der Waals surface area (Å²) in [6, 6.07) is 17.4. The molecule has 1 heterocycles. The number of amides is 3. The Kier molecular flexibility index (Phi) is 16.8. The molecule has 1 aliphatic rings. The van der Waals surface area contributed by atoms with E-state index in [1.54, 1.807) is 56.8 Å². The lowest BCUT2D eigenvalue weighted by Crippen LogP contribution is -2.29. The Morgan fingerprint density at radius 1 is 0.933 bits per heavy atom. The van der Waals surface area contributed by atoms with Gasteiger partial charge in [0.2, 0.25) is 11.8 Å². The van der Waals surface area contributed by atoms with Gasteiger partial charge in [0.05, 0.1) is 51.5 Å². The van der Waals surface area contributed by atoms with Gasteiger partial charge in [-0.2, -0.15) is 4.98 Å². The second-order valence-electron chi connectivity index (χ2n) is 14.1. The van der Waals surface area contributed by atoms with Gasteiger partial charge in [0.15, 0.2) is 0 Å². The number of hydrogen-bond acceptors (Lipinski definition) is 12. The lowest BCUT2D eigenvalue weighted by Gasteiger charge is -2.25. The van der Waals surface area contributed by atoms with Gasteiger partial charge in [0, 0.05) is 71.9 Å². The van der Waals surface area contributed by atoms with Crippen molar-refractivity contribution in [2.75, 3.05) is 70.7 Å². The Hall–Kier alpha value is -6.05. The Morgan fingerprint density at radius 3 is 2.43 bits per heavy atom. The van der Waals surface area contributed by atoms with E-state index in [4.69, 9.17) is 30.1 Å². The minimum atomic E-state index is -0.392. The van der Waals surface area contributed by atoms with Gasteiger partial charge in [0.1, 0.15) is 11.5 Å². The molecule has 60 heavy (non-hydrogen) atoms. The van der Waals surface area contributed by atoms with Gasteiger partial charge in [-0.05, 0) is 59.9 Å². The summed E-state index contributed by atoms with van der Waals surface area (Å²) in [6.07, 6.45) is 14.7. The third-order valence-corrected chi connectivity index (χ3v) is 10.0. The number of carbonyl (C=O) groups is 2. The van der Waals surface area contributed by atoms with Crippen LogP contribution in [-0.4, -0.2) is 82.0 Å². The molecule has 0 aliphatic heterocycles. The third kappa shape index (κ3) is 12.7. The van der Waals surface area contributed by atoms with Gasteiger partial charge in [-0.15, -0.1) is 6.42 Å². The van der Waals surface area contributed by atoms with Crippen LogP contribution < -0.4 is 30.7 Å². The summed E-state index contributed by atoms with van der Waals surface area (Å²) in [6.45, 7) is 8.99. The quantitative estimate of drug-likeness (QED) is 0.0312. The van der Waals surface area contributed by atoms with Crippen LogP contribution in [0.15, 0.2) is 102 Å². The van der Waals surface area contributed by atoms with Crippen LogP contribution in [0.25, 0.3) is 10.8 Å². The lowest BCUT2D eigenvalue weighted by atomic mass is 9.81. The fraction of sp³-hybridized carbons (Fsp3) is 0.333. The van der Waals surface area contributed by atoms with Crippen molar-refractivity contribution in [3.05, 3.63) is 113 Å². The van der Waals surface area contributed by atoms with Crippen molar-refractivity contribution in [2.45, 2.75) is 33.6 Å². The summed E-state index contributed by atoms with van der Waals surface area (Å²) in [7, 11) is 3.25. The molecule has 0 fully saturated rings. The molecule has 14 nitrogen and oxygen atoms in total. The molecule has 0 spiro atoms. The summed E-state index contributed by atoms with van der Waals surface area (Å²) < 4.78 is 31.2. The topological polar surface area (TPSA) is 166 Å². The Bertz CT molecular complexity index is 2270. The molecule has 0 saturated carbocycles. The average molecular weight is 836 g/mol. The number of fused-ring (bicyclic) bond motifs is 1. The van der Waals surface area contributed by atoms with E-state index >= 15 is 0 Å². The second kappa shape index (κ2) is 22.4. The molecule has 5 N–H and O–H groups in total. The largest absolute Gasteiger partial charge is 0.499 e. The van der Waals surface area contributed by atoms with Gasteiger partial charge in [-0.25, -0.2) is 9.78 Å². The average Bonchev–Trinajstić information content (AvgIpc) is 3.43. The molecule has 0 bridgehead atoms. The smallest absolute Gasteiger partial charge is 0.323 e. The molecule has 4 aromatic rings. The van der Waals surface area contributed by atoms with Crippen LogP contribution in [0.5, 0.6) is 11.6 Å². The van der Waals surface area contributed by atoms with Crippen LogP contribution >= 0.6 is 11.9 Å². The number of nitrogens with zero attached hydrogens (tertiary/aromatic N) is 2. The number of benzene rings is 3. The van der Waals surface area contributed by atoms with Crippen LogP contribution in [-0.2, 0) is 18.9 Å². The maximum absolute atomic E-state index is 13.6. The van der Waals surface area contributed by atoms with Gasteiger partial charge >= 0.3 is 6.03 Å². The summed E-state index contributed by atoms with van der Waals surface area (Å²) in [5.41, 5.74) is 4.47. The highest BCUT2D eigenvalue weighted by Gasteiger charge is 2.25. The van der Waals surface area contributed by atoms with E-state index in [0.29, 0.717) is 79.9 Å². The second-order valence-corrected chi connectivity index (χ2v) is 14.7. The number of allylic oxidation sites excluding steroid dienone is 3. The van der Waals surface area contributed by atoms with Crippen molar-refractivity contribution in [3.8, 4) is 24.0 Å². The maximum Gasteiger partial charge on any atom is 0.323 e. The summed E-state index contributed by atoms with van der Waals surface area (Å²) in [5.74, 6) is 4.01. The molecule has 0 atom stereocenters. The Balaban J connectivity index is 1.26. The molecule has 0 unspecified atom stereocenters. The molecule has 5 rings (SSSR count). The summed E-state index contributed by atoms with van der Waals surface area (Å²) in [4.78, 5) is 35.5. The van der Waals surface area contributed by atoms with E-state index in [2.05, 4.69) is 68.7 Å². The minimum Gasteiger partial charge on any atom is -0.499 e. The SMILES string of the molecule is C#Cc1cc(Nc2nccc(Oc3ccc(NC(=O)NC4=CC(C(C)(C)CC)=CC(NSC)=C(OC)C4)c4ccccc34)n2)cc(C(=O)NCCOCCOCCOC)c1. The first-order valence-electron chi connectivity index (χ1n) is 19.5. The molecule has 1 aliphatic carbocycles. The third-order valence-electron chi connectivity index (χ3n) is 9.61. The Labute approximate surface area is 356 Å². The van der Waals surface area contributed by atoms with Gasteiger partial charge in [-0.3, -0.25) is 4.79 Å². The van der Waals surface area contributed by atoms with Crippen molar-refractivity contribution < 1.29 is 33.3 Å². The number of carbonyl (C=O) groups excluding carboxylic acids is 2. The number of urea groups is 1. The molecule has 1 aromatic heterocycles. The number of rotatable bonds is 21. The zero-order valence-corrected chi connectivity index (χ0v) is 35.7. The highest BCUT2D eigenvalue weighted by Crippen LogP contribution is 2.37. The van der Waals surface area contributed by atoms with Crippen LogP contribution in [0.1, 0.15) is 49.5 Å². The number of methoxy groups -OCH3 is 2. The fourth-order valence-electron chi connectivity index (χ4n) is 6.03. The highest BCUT2D eigenvalue weighted by atomic mass is 32.2. The van der Waals surface area contributed by atoms with Gasteiger partial charge in [-0.1, -0.05) is 62.9 Å². The van der Waals surface area contributed by atoms with E-state index in [-0.39, 0.29) is 23.2 Å². The van der Waals surface area contributed by atoms with Crippen molar-refractivity contribution >= 4 is 52.0 Å². The van der Waals surface area contributed by atoms with Crippen LogP contribution in [0.4, 0.5) is 22.1 Å². The van der Waals surface area contributed by atoms with E-state index in [1.807, 2.05) is 36.6 Å². The van der Waals surface area contributed by atoms with Crippen LogP contribution in [0, 0.1) is 17.8 Å². The monoisotopic (exact) mass is 835 g/mol. The zero-order chi connectivity index (χ0) is 42.9. The molecule has 0 saturated heterocycles. The van der Waals surface area contributed by atoms with E-state index in [0.717, 1.165) is 34.2 Å². The predicted molar refractivity (Wildman–Crippen MR) is 237 cm³/mol. The lowest BCUT2D eigenvalue weighted by molar-refractivity contribution is 0.0255. The number of nitrogens with one attached hydrogen (secondary N) is 5. The van der Waals surface area contributed by atoms with Gasteiger partial charge in [0.25, 0.3) is 5.91 Å². The highest BCUT2D eigenvalue weighted by molar-refractivity contribution is 7.96. The molecular weight excluding hydrogens is 783 g/mol. The minimum absolute atomic E-state index is 0.142. The van der Waals surface area contributed by atoms with E-state index in [9.17, 15) is 9.59 Å². The summed E-state index contributed by atoms with van der Waals surface area (Å²) in [5, 5.41) is 13.6. The first-order chi connectivity index (χ1) is 29.1. The molecule has 0 radical (unpaired) electrons. The molecular formula is C45H53N7O7S. The standard InChI is InChI=1S/C45H53N7O7S/c1-8-30-24-31(42(53)46-18-19-57-22-23-58-21-20-55-5)26-33(25-30)48-43-47-17-16-41(51-43)59-39-15-14-37(35-12-10-11-13-36(35)39)50-44(54)49-34-27-32(45(3,4)9-2)28-38(52-60-7)40(29-34)56-6/h1,10-17,24-28,52H,9,18-23,29H2,2-7H3,(H,46,53)(H,47,48,51)(H2,49,50,54). The van der Waals surface area contributed by atoms with Crippen molar-refractivity contribution in [1.29, 1.82) is 0 Å². The number of aromatic nitrogens is 2. The van der Waals surface area contributed by atoms with Crippen molar-refractivity contribution in [3.63, 3.8) is 0 Å². The van der Waals surface area contributed by atoms with E-state index in [1.165, 1.54) is 11.9 Å². The predicted octanol–water partition coefficient (Wildman–Crippen LogP) is 8.05. The number of ether oxygens (including phenoxy) is 5. The van der Waals surface area contributed by atoms with E-state index < -0.39 is 6.03 Å². The maximum atomic E-state index is 13.6. The fourth-order valence-corrected chi connectivity index (χ4v) is 6.42. The normalized spacial score (nSPS) is 12.8. The van der Waals surface area contributed by atoms with Crippen molar-refractivity contribution in [2.24, 2.45) is 5.41 Å². The van der Waals surface area contributed by atoms with Crippen molar-refractivity contribution in [1.82, 2.24) is 25.3 Å². The molecule has 3 amide bonds. The molecule has 3 aromatic carbocycles. The first kappa shape index (κ1) is 45.0. The first-order valence-corrected chi connectivity index (χ1v) is 20.7. The molecule has 316 valence electrons.